The molecule has 0 saturated heterocycles. The lowest BCUT2D eigenvalue weighted by molar-refractivity contribution is -0.0516. The van der Waals surface area contributed by atoms with Crippen LogP contribution in [-0.2, 0) is 5.33 Å². The highest BCUT2D eigenvalue weighted by molar-refractivity contribution is 9.08. The molecule has 0 aliphatic carbocycles. The van der Waals surface area contributed by atoms with E-state index in [9.17, 15) is 8.78 Å². The summed E-state index contributed by atoms with van der Waals surface area (Å²) in [6.07, 6.45) is 0. The third kappa shape index (κ3) is 2.90. The quantitative estimate of drug-likeness (QED) is 0.754. The smallest absolute Gasteiger partial charge is 0.387 e. The van der Waals surface area contributed by atoms with E-state index in [-0.39, 0.29) is 26.9 Å². The highest BCUT2D eigenvalue weighted by Gasteiger charge is 2.20. The molecule has 7 heteroatoms. The lowest BCUT2D eigenvalue weighted by Crippen LogP contribution is -2.06. The first-order chi connectivity index (χ1) is 7.51. The maximum Gasteiger partial charge on any atom is 0.387 e. The molecule has 0 heterocycles. The molecule has 0 N–H and O–H groups in total. The van der Waals surface area contributed by atoms with Gasteiger partial charge < -0.3 is 9.47 Å². The van der Waals surface area contributed by atoms with Crippen LogP contribution >= 0.6 is 39.1 Å². The van der Waals surface area contributed by atoms with Crippen LogP contribution in [0.1, 0.15) is 5.56 Å². The zero-order valence-corrected chi connectivity index (χ0v) is 11.2. The summed E-state index contributed by atoms with van der Waals surface area (Å²) < 4.78 is 33.7. The van der Waals surface area contributed by atoms with Crippen LogP contribution in [0.5, 0.6) is 11.5 Å². The molecule has 0 radical (unpaired) electrons. The van der Waals surface area contributed by atoms with Crippen LogP contribution in [-0.4, -0.2) is 13.7 Å². The third-order valence-electron chi connectivity index (χ3n) is 1.79. The molecule has 0 saturated carbocycles. The van der Waals surface area contributed by atoms with Crippen molar-refractivity contribution >= 4 is 39.1 Å². The van der Waals surface area contributed by atoms with Crippen molar-refractivity contribution in [2.45, 2.75) is 11.9 Å². The second kappa shape index (κ2) is 5.89. The largest absolute Gasteiger partial charge is 0.493 e. The summed E-state index contributed by atoms with van der Waals surface area (Å²) >= 11 is 14.8. The lowest BCUT2D eigenvalue weighted by atomic mass is 10.2. The summed E-state index contributed by atoms with van der Waals surface area (Å²) in [7, 11) is 1.33. The Morgan fingerprint density at radius 3 is 2.50 bits per heavy atom. The summed E-state index contributed by atoms with van der Waals surface area (Å²) in [4.78, 5) is 0. The van der Waals surface area contributed by atoms with E-state index < -0.39 is 6.61 Å². The van der Waals surface area contributed by atoms with Gasteiger partial charge in [0.1, 0.15) is 0 Å². The Morgan fingerprint density at radius 1 is 1.44 bits per heavy atom. The van der Waals surface area contributed by atoms with E-state index in [1.54, 1.807) is 0 Å². The maximum absolute atomic E-state index is 12.2. The van der Waals surface area contributed by atoms with Crippen LogP contribution < -0.4 is 9.47 Å². The Hall–Kier alpha value is -0.260. The van der Waals surface area contributed by atoms with Crippen molar-refractivity contribution in [1.82, 2.24) is 0 Å². The van der Waals surface area contributed by atoms with Crippen molar-refractivity contribution in [2.24, 2.45) is 0 Å². The molecule has 1 aromatic carbocycles. The summed E-state index contributed by atoms with van der Waals surface area (Å²) in [5, 5.41) is 0.606. The van der Waals surface area contributed by atoms with E-state index in [4.69, 9.17) is 27.9 Å². The van der Waals surface area contributed by atoms with Crippen molar-refractivity contribution in [3.63, 3.8) is 0 Å². The Morgan fingerprint density at radius 2 is 2.06 bits per heavy atom. The standard InChI is InChI=1S/C9H7BrCl2F2O2/c1-15-6-2-5(11)7(12)4(3-10)8(6)16-9(13)14/h2,9H,3H2,1H3. The fourth-order valence-electron chi connectivity index (χ4n) is 1.13. The zero-order valence-electron chi connectivity index (χ0n) is 8.07. The Bertz CT molecular complexity index is 388. The molecular weight excluding hydrogens is 329 g/mol. The molecule has 0 amide bonds. The highest BCUT2D eigenvalue weighted by Crippen LogP contribution is 2.42. The number of rotatable bonds is 4. The summed E-state index contributed by atoms with van der Waals surface area (Å²) in [6, 6.07) is 1.33. The summed E-state index contributed by atoms with van der Waals surface area (Å²) in [6.45, 7) is -2.95. The van der Waals surface area contributed by atoms with Crippen LogP contribution in [0.4, 0.5) is 8.78 Å². The summed E-state index contributed by atoms with van der Waals surface area (Å²) in [5.74, 6) is 0.00734. The van der Waals surface area contributed by atoms with E-state index in [1.165, 1.54) is 13.2 Å². The fraction of sp³-hybridized carbons (Fsp3) is 0.333. The van der Waals surface area contributed by atoms with Crippen molar-refractivity contribution in [2.75, 3.05) is 7.11 Å². The van der Waals surface area contributed by atoms with Gasteiger partial charge in [0.25, 0.3) is 0 Å². The van der Waals surface area contributed by atoms with Gasteiger partial charge in [0.15, 0.2) is 11.5 Å². The van der Waals surface area contributed by atoms with Gasteiger partial charge in [0, 0.05) is 17.0 Å². The van der Waals surface area contributed by atoms with E-state index >= 15 is 0 Å². The molecule has 0 atom stereocenters. The number of methoxy groups -OCH3 is 1. The highest BCUT2D eigenvalue weighted by atomic mass is 79.9. The minimum absolute atomic E-state index is 0.108. The molecule has 16 heavy (non-hydrogen) atoms. The van der Waals surface area contributed by atoms with Crippen LogP contribution in [0.3, 0.4) is 0 Å². The number of benzene rings is 1. The first-order valence-corrected chi connectivity index (χ1v) is 5.94. The number of hydrogen-bond acceptors (Lipinski definition) is 2. The molecule has 90 valence electrons. The van der Waals surface area contributed by atoms with Gasteiger partial charge in [-0.15, -0.1) is 0 Å². The van der Waals surface area contributed by atoms with Crippen LogP contribution in [0.25, 0.3) is 0 Å². The third-order valence-corrected chi connectivity index (χ3v) is 3.18. The van der Waals surface area contributed by atoms with Gasteiger partial charge in [-0.05, 0) is 0 Å². The molecule has 0 aromatic heterocycles. The molecule has 0 spiro atoms. The predicted molar refractivity (Wildman–Crippen MR) is 62.3 cm³/mol. The molecule has 0 unspecified atom stereocenters. The molecule has 0 bridgehead atoms. The minimum Gasteiger partial charge on any atom is -0.493 e. The van der Waals surface area contributed by atoms with E-state index in [2.05, 4.69) is 20.7 Å². The first kappa shape index (κ1) is 13.8. The molecule has 2 nitrogen and oxygen atoms in total. The Balaban J connectivity index is 3.34. The maximum atomic E-state index is 12.2. The Labute approximate surface area is 110 Å². The number of alkyl halides is 3. The average Bonchev–Trinajstić information content (AvgIpc) is 2.23. The number of hydrogen-bond donors (Lipinski definition) is 0. The van der Waals surface area contributed by atoms with Gasteiger partial charge in [0.2, 0.25) is 0 Å². The molecule has 1 rings (SSSR count). The Kier molecular flexibility index (Phi) is 5.08. The van der Waals surface area contributed by atoms with Crippen molar-refractivity contribution in [3.8, 4) is 11.5 Å². The van der Waals surface area contributed by atoms with E-state index in [0.717, 1.165) is 0 Å². The van der Waals surface area contributed by atoms with E-state index in [1.807, 2.05) is 0 Å². The molecule has 0 aliphatic heterocycles. The van der Waals surface area contributed by atoms with Crippen LogP contribution in [0, 0.1) is 0 Å². The van der Waals surface area contributed by atoms with Gasteiger partial charge in [-0.2, -0.15) is 8.78 Å². The van der Waals surface area contributed by atoms with Gasteiger partial charge in [-0.1, -0.05) is 39.1 Å². The average molecular weight is 336 g/mol. The summed E-state index contributed by atoms with van der Waals surface area (Å²) in [5.41, 5.74) is 0.325. The minimum atomic E-state index is -2.95. The molecule has 0 fully saturated rings. The number of halogens is 5. The topological polar surface area (TPSA) is 18.5 Å². The lowest BCUT2D eigenvalue weighted by Gasteiger charge is -2.15. The predicted octanol–water partition coefficient (Wildman–Crippen LogP) is 4.50. The van der Waals surface area contributed by atoms with Gasteiger partial charge in [-0.3, -0.25) is 0 Å². The first-order valence-electron chi connectivity index (χ1n) is 4.06. The normalized spacial score (nSPS) is 10.7. The molecule has 0 aliphatic rings. The van der Waals surface area contributed by atoms with Crippen LogP contribution in [0.15, 0.2) is 6.07 Å². The van der Waals surface area contributed by atoms with Crippen molar-refractivity contribution in [3.05, 3.63) is 21.7 Å². The van der Waals surface area contributed by atoms with Crippen molar-refractivity contribution in [1.29, 1.82) is 0 Å². The zero-order chi connectivity index (χ0) is 12.3. The SMILES string of the molecule is COc1cc(Cl)c(Cl)c(CBr)c1OC(F)F. The van der Waals surface area contributed by atoms with E-state index in [0.29, 0.717) is 5.56 Å². The van der Waals surface area contributed by atoms with Crippen molar-refractivity contribution < 1.29 is 18.3 Å². The fourth-order valence-corrected chi connectivity index (χ4v) is 2.24. The second-order valence-corrected chi connectivity index (χ2v) is 4.04. The van der Waals surface area contributed by atoms with Gasteiger partial charge in [0.05, 0.1) is 17.2 Å². The van der Waals surface area contributed by atoms with Crippen LogP contribution in [0.2, 0.25) is 10.0 Å². The molecule has 1 aromatic rings. The van der Waals surface area contributed by atoms with Gasteiger partial charge in [-0.25, -0.2) is 0 Å². The second-order valence-electron chi connectivity index (χ2n) is 2.69. The monoisotopic (exact) mass is 334 g/mol. The number of ether oxygens (including phenoxy) is 2. The molecular formula is C9H7BrCl2F2O2. The van der Waals surface area contributed by atoms with Gasteiger partial charge >= 0.3 is 6.61 Å².